The van der Waals surface area contributed by atoms with Gasteiger partial charge in [0.2, 0.25) is 0 Å². The second-order valence-electron chi connectivity index (χ2n) is 11.3. The normalized spacial score (nSPS) is 35.3. The fraction of sp³-hybridized carbons (Fsp3) is 0.926. The largest absolute Gasteiger partial charge is 0.301 e. The van der Waals surface area contributed by atoms with Crippen molar-refractivity contribution in [3.8, 4) is 0 Å². The molecule has 1 saturated heterocycles. The number of rotatable bonds is 6. The van der Waals surface area contributed by atoms with E-state index in [0.29, 0.717) is 24.2 Å². The first-order chi connectivity index (χ1) is 14.4. The molecule has 3 nitrogen and oxygen atoms in total. The number of hydrogen-bond acceptors (Lipinski definition) is 3. The van der Waals surface area contributed by atoms with Crippen molar-refractivity contribution < 1.29 is 0 Å². The van der Waals surface area contributed by atoms with Crippen LogP contribution in [-0.2, 0) is 0 Å². The average molecular weight is 416 g/mol. The quantitative estimate of drug-likeness (QED) is 0.473. The first-order valence-corrected chi connectivity index (χ1v) is 13.2. The van der Waals surface area contributed by atoms with Crippen molar-refractivity contribution in [3.05, 3.63) is 0 Å². The molecule has 0 spiro atoms. The average Bonchev–Trinajstić information content (AvgIpc) is 2.74. The van der Waals surface area contributed by atoms with Crippen molar-refractivity contribution >= 4 is 11.4 Å². The fourth-order valence-electron chi connectivity index (χ4n) is 6.40. The molecule has 3 heteroatoms. The monoisotopic (exact) mass is 415 g/mol. The maximum Gasteiger partial charge on any atom is 0.0560 e. The zero-order valence-electron chi connectivity index (χ0n) is 20.8. The topological polar surface area (TPSA) is 36.8 Å². The van der Waals surface area contributed by atoms with E-state index >= 15 is 0 Å². The maximum atomic E-state index is 5.49. The van der Waals surface area contributed by atoms with Crippen molar-refractivity contribution in [1.29, 1.82) is 0 Å². The van der Waals surface area contributed by atoms with E-state index in [4.69, 9.17) is 9.98 Å². The van der Waals surface area contributed by atoms with E-state index in [-0.39, 0.29) is 0 Å². The molecule has 1 aliphatic heterocycles. The molecule has 172 valence electrons. The molecule has 3 rings (SSSR count). The molecule has 1 N–H and O–H groups in total. The van der Waals surface area contributed by atoms with Crippen molar-refractivity contribution in [2.45, 2.75) is 136 Å². The van der Waals surface area contributed by atoms with E-state index < -0.39 is 0 Å². The Morgan fingerprint density at radius 2 is 1.13 bits per heavy atom. The third-order valence-corrected chi connectivity index (χ3v) is 8.38. The van der Waals surface area contributed by atoms with Crippen LogP contribution in [0, 0.1) is 23.7 Å². The summed E-state index contributed by atoms with van der Waals surface area (Å²) in [5.74, 6) is 2.94. The summed E-state index contributed by atoms with van der Waals surface area (Å²) in [7, 11) is 0. The van der Waals surface area contributed by atoms with Crippen LogP contribution in [0.2, 0.25) is 0 Å². The Kier molecular flexibility index (Phi) is 8.98. The van der Waals surface area contributed by atoms with Gasteiger partial charge < -0.3 is 5.32 Å². The van der Waals surface area contributed by atoms with E-state index in [9.17, 15) is 0 Å². The lowest BCUT2D eigenvalue weighted by Gasteiger charge is -2.41. The summed E-state index contributed by atoms with van der Waals surface area (Å²) >= 11 is 0. The van der Waals surface area contributed by atoms with Gasteiger partial charge in [-0.3, -0.25) is 9.98 Å². The predicted molar refractivity (Wildman–Crippen MR) is 132 cm³/mol. The smallest absolute Gasteiger partial charge is 0.0560 e. The Hall–Kier alpha value is -0.700. The first-order valence-electron chi connectivity index (χ1n) is 13.2. The molecule has 4 atom stereocenters. The summed E-state index contributed by atoms with van der Waals surface area (Å²) in [6.45, 7) is 14.2. The molecule has 2 aliphatic carbocycles. The van der Waals surface area contributed by atoms with Crippen LogP contribution in [0.1, 0.15) is 112 Å². The Morgan fingerprint density at radius 1 is 0.633 bits per heavy atom. The summed E-state index contributed by atoms with van der Waals surface area (Å²) in [5.41, 5.74) is 2.70. The molecule has 3 fully saturated rings. The van der Waals surface area contributed by atoms with E-state index in [0.717, 1.165) is 23.7 Å². The van der Waals surface area contributed by atoms with E-state index in [1.165, 1.54) is 82.1 Å². The Bertz CT molecular complexity index is 569. The minimum absolute atomic E-state index is 0.433. The number of piperidine rings is 1. The van der Waals surface area contributed by atoms with Gasteiger partial charge in [-0.25, -0.2) is 0 Å². The van der Waals surface area contributed by atoms with E-state index in [1.54, 1.807) is 0 Å². The van der Waals surface area contributed by atoms with E-state index in [1.807, 2.05) is 0 Å². The third-order valence-electron chi connectivity index (χ3n) is 8.38. The Labute approximate surface area is 187 Å². The van der Waals surface area contributed by atoms with Crippen molar-refractivity contribution in [2.75, 3.05) is 0 Å². The van der Waals surface area contributed by atoms with E-state index in [2.05, 4.69) is 46.9 Å². The number of nitrogens with zero attached hydrogens (tertiary/aromatic N) is 2. The molecule has 0 aromatic heterocycles. The van der Waals surface area contributed by atoms with Gasteiger partial charge in [0.15, 0.2) is 0 Å². The van der Waals surface area contributed by atoms with Crippen LogP contribution in [0.15, 0.2) is 9.98 Å². The number of aliphatic imine (C=N–C) groups is 2. The van der Waals surface area contributed by atoms with Crippen LogP contribution < -0.4 is 5.32 Å². The second kappa shape index (κ2) is 11.2. The van der Waals surface area contributed by atoms with Crippen LogP contribution >= 0.6 is 0 Å². The van der Waals surface area contributed by atoms with Gasteiger partial charge >= 0.3 is 0 Å². The lowest BCUT2D eigenvalue weighted by atomic mass is 9.68. The summed E-state index contributed by atoms with van der Waals surface area (Å²) in [4.78, 5) is 10.6. The lowest BCUT2D eigenvalue weighted by Crippen LogP contribution is -2.50. The first kappa shape index (κ1) is 24.0. The van der Waals surface area contributed by atoms with Gasteiger partial charge in [0.1, 0.15) is 0 Å². The second-order valence-corrected chi connectivity index (χ2v) is 11.3. The molecule has 30 heavy (non-hydrogen) atoms. The molecular weight excluding hydrogens is 366 g/mol. The molecule has 0 aromatic carbocycles. The fourth-order valence-corrected chi connectivity index (χ4v) is 6.40. The molecule has 0 aromatic rings. The summed E-state index contributed by atoms with van der Waals surface area (Å²) in [5, 5.41) is 3.96. The highest BCUT2D eigenvalue weighted by molar-refractivity contribution is 5.91. The van der Waals surface area contributed by atoms with Gasteiger partial charge in [-0.1, -0.05) is 53.4 Å². The van der Waals surface area contributed by atoms with Gasteiger partial charge in [0, 0.05) is 29.5 Å². The van der Waals surface area contributed by atoms with Gasteiger partial charge in [0.25, 0.3) is 0 Å². The van der Waals surface area contributed by atoms with Crippen LogP contribution in [0.3, 0.4) is 0 Å². The molecule has 3 aliphatic rings. The Balaban J connectivity index is 1.70. The van der Waals surface area contributed by atoms with Crippen molar-refractivity contribution in [1.82, 2.24) is 5.32 Å². The summed E-state index contributed by atoms with van der Waals surface area (Å²) < 4.78 is 0. The van der Waals surface area contributed by atoms with Crippen molar-refractivity contribution in [2.24, 2.45) is 33.7 Å². The molecule has 4 unspecified atom stereocenters. The van der Waals surface area contributed by atoms with Gasteiger partial charge in [0.05, 0.1) is 6.04 Å². The number of nitrogens with one attached hydrogen (secondary N) is 1. The highest BCUT2D eigenvalue weighted by Crippen LogP contribution is 2.40. The van der Waals surface area contributed by atoms with Crippen LogP contribution in [-0.4, -0.2) is 35.6 Å². The molecule has 0 radical (unpaired) electrons. The molecule has 0 bridgehead atoms. The summed E-state index contributed by atoms with van der Waals surface area (Å²) in [6, 6.07) is 1.97. The van der Waals surface area contributed by atoms with Crippen LogP contribution in [0.25, 0.3) is 0 Å². The number of hydrogen-bond donors (Lipinski definition) is 1. The highest BCUT2D eigenvalue weighted by atomic mass is 15.0. The SMILES string of the molecule is CC(=NC1CCCCC1)C1CCCC(C(C)=NC2C(C(C)C)CCCC2C(C)C)N1. The minimum atomic E-state index is 0.433. The molecular formula is C27H49N3. The van der Waals surface area contributed by atoms with Crippen LogP contribution in [0.4, 0.5) is 0 Å². The van der Waals surface area contributed by atoms with Gasteiger partial charge in [-0.2, -0.15) is 0 Å². The zero-order chi connectivity index (χ0) is 21.7. The molecule has 1 heterocycles. The lowest BCUT2D eigenvalue weighted by molar-refractivity contribution is 0.142. The van der Waals surface area contributed by atoms with Crippen molar-refractivity contribution in [3.63, 3.8) is 0 Å². The minimum Gasteiger partial charge on any atom is -0.301 e. The molecule has 2 saturated carbocycles. The summed E-state index contributed by atoms with van der Waals surface area (Å²) in [6.07, 6.45) is 14.6. The zero-order valence-corrected chi connectivity index (χ0v) is 20.8. The van der Waals surface area contributed by atoms with Gasteiger partial charge in [-0.15, -0.1) is 0 Å². The van der Waals surface area contributed by atoms with Crippen LogP contribution in [0.5, 0.6) is 0 Å². The predicted octanol–water partition coefficient (Wildman–Crippen LogP) is 6.85. The third kappa shape index (κ3) is 6.17. The Morgan fingerprint density at radius 3 is 1.67 bits per heavy atom. The maximum absolute atomic E-state index is 5.49. The van der Waals surface area contributed by atoms with Gasteiger partial charge in [-0.05, 0) is 82.5 Å². The standard InChI is InChI=1S/C27H49N3/c1-18(2)23-14-10-15-24(19(3)4)27(23)29-21(6)26-17-11-16-25(30-26)20(5)28-22-12-8-7-9-13-22/h18-19,22-27,30H,7-17H2,1-6H3. The molecule has 0 amide bonds. The highest BCUT2D eigenvalue weighted by Gasteiger charge is 2.37.